The van der Waals surface area contributed by atoms with Crippen molar-refractivity contribution < 1.29 is 44.5 Å². The minimum Gasteiger partial charge on any atom is -0.453 e. The molecule has 5 nitrogen and oxygen atoms in total. The molecular formula is C14H17F5O5S. The van der Waals surface area contributed by atoms with Gasteiger partial charge in [0.25, 0.3) is 0 Å². The Bertz CT molecular complexity index is 685. The molecule has 4 bridgehead atoms. The van der Waals surface area contributed by atoms with E-state index < -0.39 is 50.4 Å². The van der Waals surface area contributed by atoms with E-state index in [1.165, 1.54) is 6.92 Å². The summed E-state index contributed by atoms with van der Waals surface area (Å²) in [6.07, 6.45) is -4.54. The van der Waals surface area contributed by atoms with Gasteiger partial charge in [-0.05, 0) is 56.8 Å². The Morgan fingerprint density at radius 2 is 1.56 bits per heavy atom. The van der Waals surface area contributed by atoms with E-state index in [-0.39, 0.29) is 25.2 Å². The minimum absolute atomic E-state index is 0.0191. The fourth-order valence-electron chi connectivity index (χ4n) is 5.07. The van der Waals surface area contributed by atoms with Crippen LogP contribution in [-0.2, 0) is 19.6 Å². The van der Waals surface area contributed by atoms with Gasteiger partial charge in [0, 0.05) is 0 Å². The molecule has 4 aliphatic carbocycles. The lowest BCUT2D eigenvalue weighted by atomic mass is 9.44. The van der Waals surface area contributed by atoms with Crippen molar-refractivity contribution in [2.24, 2.45) is 23.2 Å². The topological polar surface area (TPSA) is 80.7 Å². The van der Waals surface area contributed by atoms with Crippen LogP contribution in [0, 0.1) is 23.2 Å². The van der Waals surface area contributed by atoms with Crippen molar-refractivity contribution in [1.82, 2.24) is 0 Å². The number of carbonyl (C=O) groups excluding carboxylic acids is 1. The van der Waals surface area contributed by atoms with Gasteiger partial charge in [0.1, 0.15) is 5.60 Å². The molecule has 11 heteroatoms. The number of esters is 1. The van der Waals surface area contributed by atoms with E-state index in [1.54, 1.807) is 0 Å². The zero-order valence-corrected chi connectivity index (χ0v) is 14.0. The molecule has 4 aliphatic rings. The lowest BCUT2D eigenvalue weighted by Crippen LogP contribution is -2.65. The van der Waals surface area contributed by atoms with E-state index in [1.807, 2.05) is 0 Å². The van der Waals surface area contributed by atoms with Crippen molar-refractivity contribution in [3.05, 3.63) is 0 Å². The van der Waals surface area contributed by atoms with Crippen molar-refractivity contribution >= 4 is 16.1 Å². The van der Waals surface area contributed by atoms with Crippen molar-refractivity contribution in [2.75, 3.05) is 0 Å². The van der Waals surface area contributed by atoms with Crippen LogP contribution in [0.4, 0.5) is 22.0 Å². The highest BCUT2D eigenvalue weighted by Crippen LogP contribution is 2.68. The molecule has 1 N–H and O–H groups in total. The number of ether oxygens (including phenoxy) is 1. The first-order valence-corrected chi connectivity index (χ1v) is 9.21. The highest BCUT2D eigenvalue weighted by Gasteiger charge is 2.70. The fraction of sp³-hybridized carbons (Fsp3) is 0.929. The highest BCUT2D eigenvalue weighted by molar-refractivity contribution is 7.87. The summed E-state index contributed by atoms with van der Waals surface area (Å²) >= 11 is 0. The van der Waals surface area contributed by atoms with Crippen LogP contribution in [-0.4, -0.2) is 36.0 Å². The monoisotopic (exact) mass is 392 g/mol. The van der Waals surface area contributed by atoms with Crippen LogP contribution in [0.15, 0.2) is 0 Å². The van der Waals surface area contributed by atoms with Crippen molar-refractivity contribution in [2.45, 2.75) is 56.1 Å². The maximum atomic E-state index is 13.5. The maximum Gasteiger partial charge on any atom is 0.465 e. The molecule has 2 atom stereocenters. The van der Waals surface area contributed by atoms with E-state index in [0.29, 0.717) is 12.8 Å². The van der Waals surface area contributed by atoms with Crippen molar-refractivity contribution in [3.8, 4) is 0 Å². The van der Waals surface area contributed by atoms with Gasteiger partial charge >= 0.3 is 27.5 Å². The van der Waals surface area contributed by atoms with Crippen LogP contribution in [0.5, 0.6) is 0 Å². The van der Waals surface area contributed by atoms with Crippen LogP contribution in [0.2, 0.25) is 0 Å². The largest absolute Gasteiger partial charge is 0.465 e. The van der Waals surface area contributed by atoms with E-state index in [9.17, 15) is 35.2 Å². The minimum atomic E-state index is -6.03. The summed E-state index contributed by atoms with van der Waals surface area (Å²) in [4.78, 5) is 11.7. The summed E-state index contributed by atoms with van der Waals surface area (Å²) in [5.41, 5.74) is -3.52. The van der Waals surface area contributed by atoms with Crippen LogP contribution in [0.25, 0.3) is 0 Å². The van der Waals surface area contributed by atoms with E-state index in [2.05, 4.69) is 0 Å². The van der Waals surface area contributed by atoms with Gasteiger partial charge in [-0.15, -0.1) is 0 Å². The van der Waals surface area contributed by atoms with Crippen molar-refractivity contribution in [1.29, 1.82) is 0 Å². The third kappa shape index (κ3) is 2.56. The quantitative estimate of drug-likeness (QED) is 0.453. The molecule has 0 amide bonds. The molecule has 4 fully saturated rings. The number of rotatable bonds is 3. The third-order valence-electron chi connectivity index (χ3n) is 6.29. The Morgan fingerprint density at radius 3 is 1.96 bits per heavy atom. The second-order valence-corrected chi connectivity index (χ2v) is 9.15. The maximum absolute atomic E-state index is 13.5. The second-order valence-electron chi connectivity index (χ2n) is 7.69. The Balaban J connectivity index is 1.89. The predicted octanol–water partition coefficient (Wildman–Crippen LogP) is 3.16. The molecular weight excluding hydrogens is 375 g/mol. The first-order chi connectivity index (χ1) is 11.1. The number of alkyl halides is 5. The van der Waals surface area contributed by atoms with E-state index in [0.717, 1.165) is 0 Å². The zero-order chi connectivity index (χ0) is 19.1. The normalized spacial score (nSPS) is 41.0. The van der Waals surface area contributed by atoms with Gasteiger partial charge in [0.15, 0.2) is 0 Å². The summed E-state index contributed by atoms with van der Waals surface area (Å²) in [5.74, 6) is -4.26. The highest BCUT2D eigenvalue weighted by atomic mass is 32.2. The summed E-state index contributed by atoms with van der Waals surface area (Å²) in [6, 6.07) is 0. The average molecular weight is 392 g/mol. The molecule has 4 rings (SSSR count). The van der Waals surface area contributed by atoms with Crippen LogP contribution >= 0.6 is 0 Å². The van der Waals surface area contributed by atoms with Gasteiger partial charge in [-0.25, -0.2) is 4.79 Å². The van der Waals surface area contributed by atoms with Crippen molar-refractivity contribution in [3.63, 3.8) is 0 Å². The second kappa shape index (κ2) is 5.05. The molecule has 0 heterocycles. The molecule has 25 heavy (non-hydrogen) atoms. The smallest absolute Gasteiger partial charge is 0.453 e. The summed E-state index contributed by atoms with van der Waals surface area (Å²) in [5, 5.41) is -5.16. The molecule has 0 aromatic carbocycles. The summed E-state index contributed by atoms with van der Waals surface area (Å²) in [6.45, 7) is 1.28. The SMILES string of the molecule is CC1(OC(=O)C(F)(F)S(=O)(=O)O)C2CC3CC1CC(C(F)(F)F)(C3)C2. The van der Waals surface area contributed by atoms with Gasteiger partial charge in [-0.2, -0.15) is 30.4 Å². The molecule has 0 aromatic heterocycles. The van der Waals surface area contributed by atoms with Crippen LogP contribution < -0.4 is 0 Å². The zero-order valence-electron chi connectivity index (χ0n) is 13.1. The third-order valence-corrected chi connectivity index (χ3v) is 7.10. The molecule has 2 unspecified atom stereocenters. The first kappa shape index (κ1) is 18.8. The number of hydrogen-bond acceptors (Lipinski definition) is 4. The van der Waals surface area contributed by atoms with Gasteiger partial charge in [0.2, 0.25) is 0 Å². The number of halogens is 5. The average Bonchev–Trinajstić information content (AvgIpc) is 2.41. The van der Waals surface area contributed by atoms with Gasteiger partial charge in [0.05, 0.1) is 5.41 Å². The molecule has 0 spiro atoms. The first-order valence-electron chi connectivity index (χ1n) is 7.77. The van der Waals surface area contributed by atoms with Crippen LogP contribution in [0.3, 0.4) is 0 Å². The Hall–Kier alpha value is -0.970. The standard InChI is InChI=1S/C14H17F5O5S/c1-11(24-10(20)13(15,16)25(21,22)23)8-2-7-3-9(11)6-12(4-7,5-8)14(17,18)19/h7-9H,2-6H2,1H3,(H,21,22,23). The molecule has 0 aliphatic heterocycles. The Kier molecular flexibility index (Phi) is 3.80. The van der Waals surface area contributed by atoms with Gasteiger partial charge in [-0.1, -0.05) is 0 Å². The predicted molar refractivity (Wildman–Crippen MR) is 73.0 cm³/mol. The van der Waals surface area contributed by atoms with Gasteiger partial charge < -0.3 is 4.74 Å². The molecule has 144 valence electrons. The Labute approximate surface area is 140 Å². The molecule has 0 radical (unpaired) electrons. The molecule has 4 saturated carbocycles. The lowest BCUT2D eigenvalue weighted by molar-refractivity contribution is -0.306. The Morgan fingerprint density at radius 1 is 1.08 bits per heavy atom. The number of carbonyl (C=O) groups is 1. The van der Waals surface area contributed by atoms with Crippen LogP contribution in [0.1, 0.15) is 39.0 Å². The fourth-order valence-corrected chi connectivity index (χ4v) is 5.32. The molecule has 0 saturated heterocycles. The van der Waals surface area contributed by atoms with Gasteiger partial charge in [-0.3, -0.25) is 4.55 Å². The summed E-state index contributed by atoms with van der Waals surface area (Å²) < 4.78 is 102. The number of hydrogen-bond donors (Lipinski definition) is 1. The summed E-state index contributed by atoms with van der Waals surface area (Å²) in [7, 11) is -6.03. The van der Waals surface area contributed by atoms with E-state index >= 15 is 0 Å². The molecule has 0 aromatic rings. The van der Waals surface area contributed by atoms with E-state index in [4.69, 9.17) is 9.29 Å². The lowest BCUT2D eigenvalue weighted by Gasteiger charge is -2.63.